The lowest BCUT2D eigenvalue weighted by Crippen LogP contribution is -2.28. The second kappa shape index (κ2) is 8.52. The van der Waals surface area contributed by atoms with E-state index < -0.39 is 5.41 Å². The van der Waals surface area contributed by atoms with Crippen LogP contribution < -0.4 is 10.9 Å². The van der Waals surface area contributed by atoms with E-state index in [1.54, 1.807) is 18.3 Å². The lowest BCUT2D eigenvalue weighted by atomic mass is 9.77. The third kappa shape index (κ3) is 4.31. The number of H-pyrrole nitrogens is 2. The van der Waals surface area contributed by atoms with Gasteiger partial charge in [0.2, 0.25) is 0 Å². The van der Waals surface area contributed by atoms with Gasteiger partial charge in [-0.3, -0.25) is 9.59 Å². The maximum Gasteiger partial charge on any atom is 0.253 e. The first-order valence-corrected chi connectivity index (χ1v) is 11.0. The molecule has 0 aliphatic rings. The molecule has 1 amide bonds. The number of amides is 1. The molecule has 0 unspecified atom stereocenters. The maximum absolute atomic E-state index is 13.5. The fourth-order valence-electron chi connectivity index (χ4n) is 4.16. The third-order valence-corrected chi connectivity index (χ3v) is 6.48. The molecule has 0 fully saturated rings. The van der Waals surface area contributed by atoms with Gasteiger partial charge in [0.1, 0.15) is 5.82 Å². The van der Waals surface area contributed by atoms with E-state index in [2.05, 4.69) is 15.3 Å². The number of carbonyl (C=O) groups is 1. The van der Waals surface area contributed by atoms with Crippen LogP contribution in [0, 0.1) is 19.7 Å². The molecule has 2 aromatic heterocycles. The summed E-state index contributed by atoms with van der Waals surface area (Å²) in [5, 5.41) is 3.92. The second-order valence-corrected chi connectivity index (χ2v) is 9.25. The van der Waals surface area contributed by atoms with Gasteiger partial charge >= 0.3 is 0 Å². The largest absolute Gasteiger partial charge is 0.360 e. The fraction of sp³-hybridized carbons (Fsp3) is 0.231. The molecule has 0 bridgehead atoms. The van der Waals surface area contributed by atoms with Crippen LogP contribution in [0.5, 0.6) is 0 Å². The highest BCUT2D eigenvalue weighted by Gasteiger charge is 2.27. The van der Waals surface area contributed by atoms with Gasteiger partial charge in [0, 0.05) is 40.3 Å². The molecular formula is C26H25ClFN3O2. The molecule has 0 radical (unpaired) electrons. The number of carbonyl (C=O) groups excluding carboxylic acids is 1. The first kappa shape index (κ1) is 22.8. The van der Waals surface area contributed by atoms with E-state index >= 15 is 0 Å². The number of fused-ring (bicyclic) bond motifs is 1. The first-order chi connectivity index (χ1) is 15.6. The number of aromatic amines is 2. The number of aromatic nitrogens is 2. The van der Waals surface area contributed by atoms with Crippen molar-refractivity contribution in [1.82, 2.24) is 15.3 Å². The van der Waals surface area contributed by atoms with E-state index in [9.17, 15) is 14.0 Å². The lowest BCUT2D eigenvalue weighted by molar-refractivity contribution is 0.0952. The molecule has 2 aromatic carbocycles. The highest BCUT2D eigenvalue weighted by molar-refractivity contribution is 6.37. The molecule has 2 heterocycles. The molecule has 7 heteroatoms. The van der Waals surface area contributed by atoms with Crippen molar-refractivity contribution in [3.63, 3.8) is 0 Å². The normalized spacial score (nSPS) is 11.7. The predicted molar refractivity (Wildman–Crippen MR) is 130 cm³/mol. The van der Waals surface area contributed by atoms with E-state index in [-0.39, 0.29) is 23.8 Å². The standard InChI is InChI=1S/C26H25ClFN3O2/c1-14-9-15(2)31-25(33)20(14)12-30-24(32)19-10-17(11-22-23(19)21(27)13-29-22)26(3,4)16-5-7-18(28)8-6-16/h5-11,13,29H,12H2,1-4H3,(H,30,32)(H,31,33). The van der Waals surface area contributed by atoms with Crippen molar-refractivity contribution < 1.29 is 9.18 Å². The summed E-state index contributed by atoms with van der Waals surface area (Å²) in [6.45, 7) is 7.79. The number of hydrogen-bond acceptors (Lipinski definition) is 2. The average molecular weight is 466 g/mol. The zero-order valence-electron chi connectivity index (χ0n) is 18.9. The summed E-state index contributed by atoms with van der Waals surface area (Å²) >= 11 is 6.40. The summed E-state index contributed by atoms with van der Waals surface area (Å²) < 4.78 is 13.5. The number of benzene rings is 2. The van der Waals surface area contributed by atoms with E-state index in [1.165, 1.54) is 12.1 Å². The van der Waals surface area contributed by atoms with Gasteiger partial charge in [0.25, 0.3) is 11.5 Å². The van der Waals surface area contributed by atoms with Crippen molar-refractivity contribution in [2.75, 3.05) is 0 Å². The molecule has 0 aliphatic heterocycles. The van der Waals surface area contributed by atoms with Crippen molar-refractivity contribution in [3.05, 3.63) is 103 Å². The highest BCUT2D eigenvalue weighted by atomic mass is 35.5. The van der Waals surface area contributed by atoms with Crippen molar-refractivity contribution in [1.29, 1.82) is 0 Å². The number of aryl methyl sites for hydroxylation is 2. The second-order valence-electron chi connectivity index (χ2n) is 8.84. The van der Waals surface area contributed by atoms with Gasteiger partial charge in [0.15, 0.2) is 0 Å². The number of rotatable bonds is 5. The highest BCUT2D eigenvalue weighted by Crippen LogP contribution is 2.36. The Labute approximate surface area is 196 Å². The molecule has 0 saturated heterocycles. The van der Waals surface area contributed by atoms with Crippen LogP contribution >= 0.6 is 11.6 Å². The van der Waals surface area contributed by atoms with Crippen molar-refractivity contribution in [2.45, 2.75) is 39.7 Å². The van der Waals surface area contributed by atoms with Crippen molar-refractivity contribution in [2.24, 2.45) is 0 Å². The molecule has 4 rings (SSSR count). The van der Waals surface area contributed by atoms with E-state index in [4.69, 9.17) is 11.6 Å². The summed E-state index contributed by atoms with van der Waals surface area (Å²) in [5.74, 6) is -0.639. The monoisotopic (exact) mass is 465 g/mol. The molecule has 5 nitrogen and oxygen atoms in total. The molecule has 0 aliphatic carbocycles. The Morgan fingerprint density at radius 2 is 1.79 bits per heavy atom. The Morgan fingerprint density at radius 3 is 2.45 bits per heavy atom. The zero-order chi connectivity index (χ0) is 23.9. The summed E-state index contributed by atoms with van der Waals surface area (Å²) in [7, 11) is 0. The predicted octanol–water partition coefficient (Wildman–Crippen LogP) is 5.52. The summed E-state index contributed by atoms with van der Waals surface area (Å²) in [5.41, 5.74) is 4.28. The van der Waals surface area contributed by atoms with Gasteiger partial charge in [-0.05, 0) is 60.9 Å². The smallest absolute Gasteiger partial charge is 0.253 e. The van der Waals surface area contributed by atoms with Crippen LogP contribution in [0.3, 0.4) is 0 Å². The number of halogens is 2. The zero-order valence-corrected chi connectivity index (χ0v) is 19.7. The van der Waals surface area contributed by atoms with E-state index in [1.807, 2.05) is 45.9 Å². The lowest BCUT2D eigenvalue weighted by Gasteiger charge is -2.27. The number of nitrogens with one attached hydrogen (secondary N) is 3. The Bertz CT molecular complexity index is 1420. The molecule has 3 N–H and O–H groups in total. The minimum absolute atomic E-state index is 0.0927. The van der Waals surface area contributed by atoms with Gasteiger partial charge in [0.05, 0.1) is 10.6 Å². The Balaban J connectivity index is 1.74. The van der Waals surface area contributed by atoms with Crippen LogP contribution in [0.2, 0.25) is 5.02 Å². The van der Waals surface area contributed by atoms with E-state index in [0.717, 1.165) is 27.9 Å². The summed E-state index contributed by atoms with van der Waals surface area (Å²) in [4.78, 5) is 31.5. The molecule has 4 aromatic rings. The molecule has 0 saturated carbocycles. The Kier molecular flexibility index (Phi) is 5.89. The minimum atomic E-state index is -0.501. The fourth-order valence-corrected chi connectivity index (χ4v) is 4.42. The minimum Gasteiger partial charge on any atom is -0.360 e. The van der Waals surface area contributed by atoms with E-state index in [0.29, 0.717) is 21.5 Å². The molecule has 170 valence electrons. The molecular weight excluding hydrogens is 441 g/mol. The number of hydrogen-bond donors (Lipinski definition) is 3. The molecule has 0 atom stereocenters. The van der Waals surface area contributed by atoms with Crippen LogP contribution in [-0.4, -0.2) is 15.9 Å². The summed E-state index contributed by atoms with van der Waals surface area (Å²) in [6, 6.07) is 12.0. The molecule has 33 heavy (non-hydrogen) atoms. The van der Waals surface area contributed by atoms with Gasteiger partial charge < -0.3 is 15.3 Å². The van der Waals surface area contributed by atoms with Gasteiger partial charge in [-0.15, -0.1) is 0 Å². The average Bonchev–Trinajstić information content (AvgIpc) is 3.13. The first-order valence-electron chi connectivity index (χ1n) is 10.6. The molecule has 0 spiro atoms. The Hall–Kier alpha value is -3.38. The maximum atomic E-state index is 13.5. The third-order valence-electron chi connectivity index (χ3n) is 6.18. The van der Waals surface area contributed by atoms with Crippen LogP contribution in [0.1, 0.15) is 52.2 Å². The van der Waals surface area contributed by atoms with Gasteiger partial charge in [-0.1, -0.05) is 37.6 Å². The van der Waals surface area contributed by atoms with Crippen LogP contribution in [0.25, 0.3) is 10.9 Å². The number of pyridine rings is 1. The van der Waals surface area contributed by atoms with Gasteiger partial charge in [-0.25, -0.2) is 4.39 Å². The summed E-state index contributed by atoms with van der Waals surface area (Å²) in [6.07, 6.45) is 1.65. The van der Waals surface area contributed by atoms with Crippen molar-refractivity contribution >= 4 is 28.4 Å². The van der Waals surface area contributed by atoms with Crippen LogP contribution in [-0.2, 0) is 12.0 Å². The Morgan fingerprint density at radius 1 is 1.09 bits per heavy atom. The van der Waals surface area contributed by atoms with Crippen molar-refractivity contribution in [3.8, 4) is 0 Å². The van der Waals surface area contributed by atoms with Crippen LogP contribution in [0.4, 0.5) is 4.39 Å². The topological polar surface area (TPSA) is 77.8 Å². The SMILES string of the molecule is Cc1cc(C)c(CNC(=O)c2cc(C(C)(C)c3ccc(F)cc3)cc3[nH]cc(Cl)c23)c(=O)[nH]1. The van der Waals surface area contributed by atoms with Crippen LogP contribution in [0.15, 0.2) is 53.5 Å². The van der Waals surface area contributed by atoms with Gasteiger partial charge in [-0.2, -0.15) is 0 Å². The quantitative estimate of drug-likeness (QED) is 0.363.